The van der Waals surface area contributed by atoms with Crippen molar-refractivity contribution in [3.8, 4) is 22.3 Å². The summed E-state index contributed by atoms with van der Waals surface area (Å²) in [6.45, 7) is 13.6. The lowest BCUT2D eigenvalue weighted by molar-refractivity contribution is 0.687. The highest BCUT2D eigenvalue weighted by Gasteiger charge is 2.26. The van der Waals surface area contributed by atoms with E-state index in [2.05, 4.69) is 221 Å². The van der Waals surface area contributed by atoms with Crippen LogP contribution in [0.3, 0.4) is 0 Å². The molecule has 8 rings (SSSR count). The van der Waals surface area contributed by atoms with Crippen LogP contribution in [-0.2, 0) is 0 Å². The van der Waals surface area contributed by atoms with Crippen molar-refractivity contribution in [1.82, 2.24) is 0 Å². The van der Waals surface area contributed by atoms with Crippen LogP contribution in [0.2, 0.25) is 0 Å². The van der Waals surface area contributed by atoms with E-state index < -0.39 is 0 Å². The lowest BCUT2D eigenvalue weighted by Gasteiger charge is -2.35. The van der Waals surface area contributed by atoms with Crippen LogP contribution in [0.5, 0.6) is 0 Å². The van der Waals surface area contributed by atoms with Gasteiger partial charge >= 0.3 is 0 Å². The molecule has 2 aliphatic rings. The molecule has 56 heavy (non-hydrogen) atoms. The molecular formula is C54H52N2. The SMILES string of the molecule is CC1=C[C@@H](C)CC(C)=C1N(c1ccc(-c2ccccc2)cc1)c1cccc([C@@H]2C=CC=C(N(c3ccc(-c4ccccc4)cc3)c3c(C)cc(C)cc3C)C2)c1. The van der Waals surface area contributed by atoms with Crippen LogP contribution in [0.15, 0.2) is 192 Å². The monoisotopic (exact) mass is 728 g/mol. The van der Waals surface area contributed by atoms with Crippen molar-refractivity contribution in [3.63, 3.8) is 0 Å². The summed E-state index contributed by atoms with van der Waals surface area (Å²) in [5, 5.41) is 0. The van der Waals surface area contributed by atoms with Crippen molar-refractivity contribution >= 4 is 22.7 Å². The fourth-order valence-electron chi connectivity index (χ4n) is 9.04. The summed E-state index contributed by atoms with van der Waals surface area (Å²) in [4.78, 5) is 5.00. The zero-order valence-corrected chi connectivity index (χ0v) is 33.6. The Bertz CT molecular complexity index is 2440. The van der Waals surface area contributed by atoms with Crippen LogP contribution in [0, 0.1) is 26.7 Å². The molecule has 2 nitrogen and oxygen atoms in total. The van der Waals surface area contributed by atoms with Crippen LogP contribution < -0.4 is 9.80 Å². The molecule has 0 bridgehead atoms. The summed E-state index contributed by atoms with van der Waals surface area (Å²) < 4.78 is 0. The van der Waals surface area contributed by atoms with Gasteiger partial charge in [-0.3, -0.25) is 0 Å². The van der Waals surface area contributed by atoms with Crippen LogP contribution in [-0.4, -0.2) is 0 Å². The molecular weight excluding hydrogens is 677 g/mol. The first kappa shape index (κ1) is 36.8. The predicted octanol–water partition coefficient (Wildman–Crippen LogP) is 15.1. The number of benzene rings is 6. The molecule has 0 aromatic heterocycles. The zero-order chi connectivity index (χ0) is 38.8. The predicted molar refractivity (Wildman–Crippen MR) is 240 cm³/mol. The maximum Gasteiger partial charge on any atom is 0.0516 e. The molecule has 6 aromatic carbocycles. The Kier molecular flexibility index (Phi) is 10.5. The first-order valence-corrected chi connectivity index (χ1v) is 20.1. The molecule has 0 fully saturated rings. The fraction of sp³-hybridized carbons (Fsp3) is 0.185. The number of hydrogen-bond donors (Lipinski definition) is 0. The minimum Gasteiger partial charge on any atom is -0.314 e. The van der Waals surface area contributed by atoms with Gasteiger partial charge in [0.2, 0.25) is 0 Å². The van der Waals surface area contributed by atoms with Gasteiger partial charge < -0.3 is 9.80 Å². The second-order valence-corrected chi connectivity index (χ2v) is 15.9. The van der Waals surface area contributed by atoms with E-state index >= 15 is 0 Å². The number of allylic oxidation sites excluding steroid dienone is 7. The van der Waals surface area contributed by atoms with E-state index in [-0.39, 0.29) is 5.92 Å². The summed E-state index contributed by atoms with van der Waals surface area (Å²) in [5.41, 5.74) is 20.2. The number of aryl methyl sites for hydroxylation is 3. The zero-order valence-electron chi connectivity index (χ0n) is 33.6. The fourth-order valence-corrected chi connectivity index (χ4v) is 9.04. The van der Waals surface area contributed by atoms with Crippen molar-refractivity contribution in [2.24, 2.45) is 5.92 Å². The smallest absolute Gasteiger partial charge is 0.0516 e. The average Bonchev–Trinajstić information content (AvgIpc) is 3.21. The Labute approximate surface area is 334 Å². The van der Waals surface area contributed by atoms with Gasteiger partial charge in [0, 0.05) is 34.4 Å². The van der Waals surface area contributed by atoms with Crippen LogP contribution in [0.4, 0.5) is 22.7 Å². The summed E-state index contributed by atoms with van der Waals surface area (Å²) in [7, 11) is 0. The Morgan fingerprint density at radius 3 is 1.64 bits per heavy atom. The number of hydrogen-bond acceptors (Lipinski definition) is 2. The van der Waals surface area contributed by atoms with Crippen molar-refractivity contribution < 1.29 is 0 Å². The molecule has 2 heteroatoms. The molecule has 0 unspecified atom stereocenters. The second kappa shape index (κ2) is 15.9. The largest absolute Gasteiger partial charge is 0.314 e. The van der Waals surface area contributed by atoms with E-state index in [1.54, 1.807) is 0 Å². The van der Waals surface area contributed by atoms with E-state index in [1.165, 1.54) is 89.8 Å². The average molecular weight is 729 g/mol. The quantitative estimate of drug-likeness (QED) is 0.146. The third-order valence-electron chi connectivity index (χ3n) is 11.4. The van der Waals surface area contributed by atoms with Crippen LogP contribution >= 0.6 is 0 Å². The molecule has 0 amide bonds. The minimum absolute atomic E-state index is 0.215. The molecule has 2 atom stereocenters. The Morgan fingerprint density at radius 2 is 1.07 bits per heavy atom. The molecule has 0 saturated heterocycles. The second-order valence-electron chi connectivity index (χ2n) is 15.9. The van der Waals surface area contributed by atoms with Crippen LogP contribution in [0.25, 0.3) is 22.3 Å². The molecule has 2 aliphatic carbocycles. The Hall–Kier alpha value is -6.12. The molecule has 0 saturated carbocycles. The lowest BCUT2D eigenvalue weighted by Crippen LogP contribution is -2.23. The molecule has 278 valence electrons. The van der Waals surface area contributed by atoms with Gasteiger partial charge in [-0.1, -0.05) is 140 Å². The number of nitrogens with zero attached hydrogens (tertiary/aromatic N) is 2. The van der Waals surface area contributed by atoms with Gasteiger partial charge in [0.25, 0.3) is 0 Å². The summed E-state index contributed by atoms with van der Waals surface area (Å²) in [5.74, 6) is 0.746. The van der Waals surface area contributed by atoms with Crippen molar-refractivity contribution in [2.45, 2.75) is 60.3 Å². The molecule has 0 radical (unpaired) electrons. The summed E-state index contributed by atoms with van der Waals surface area (Å²) in [6.07, 6.45) is 11.3. The van der Waals surface area contributed by atoms with Crippen molar-refractivity contribution in [3.05, 3.63) is 215 Å². The minimum atomic E-state index is 0.215. The number of anilines is 4. The molecule has 0 aliphatic heterocycles. The highest BCUT2D eigenvalue weighted by Crippen LogP contribution is 2.44. The third kappa shape index (κ3) is 7.57. The lowest BCUT2D eigenvalue weighted by atomic mass is 9.88. The highest BCUT2D eigenvalue weighted by atomic mass is 15.2. The summed E-state index contributed by atoms with van der Waals surface area (Å²) >= 11 is 0. The van der Waals surface area contributed by atoms with E-state index in [0.717, 1.165) is 12.8 Å². The first-order valence-electron chi connectivity index (χ1n) is 20.1. The first-order chi connectivity index (χ1) is 27.2. The standard InChI is InChI=1S/C54H52N2/c1-37-31-39(3)53(40(4)32-37)55(49-27-23-45(24-28-49)43-15-9-7-10-16-43)51-21-13-19-47(35-51)48-20-14-22-52(36-48)56(54-41(5)33-38(2)34-42(54)6)50-29-25-46(26-30-50)44-17-11-8-12-18-44/h7-33,36,38,47H,34-35H2,1-6H3/t38-,47-/m1/s1. The van der Waals surface area contributed by atoms with Gasteiger partial charge in [0.05, 0.1) is 5.69 Å². The third-order valence-corrected chi connectivity index (χ3v) is 11.4. The molecule has 0 heterocycles. The van der Waals surface area contributed by atoms with E-state index in [0.29, 0.717) is 5.92 Å². The van der Waals surface area contributed by atoms with Crippen molar-refractivity contribution in [1.29, 1.82) is 0 Å². The van der Waals surface area contributed by atoms with E-state index in [1.807, 2.05) is 0 Å². The van der Waals surface area contributed by atoms with Crippen LogP contribution in [0.1, 0.15) is 61.8 Å². The summed E-state index contributed by atoms with van der Waals surface area (Å²) in [6, 6.07) is 53.4. The van der Waals surface area contributed by atoms with Gasteiger partial charge in [-0.25, -0.2) is 0 Å². The van der Waals surface area contributed by atoms with Gasteiger partial charge in [0.1, 0.15) is 0 Å². The molecule has 6 aromatic rings. The normalized spacial score (nSPS) is 16.7. The topological polar surface area (TPSA) is 6.48 Å². The number of rotatable bonds is 9. The van der Waals surface area contributed by atoms with Gasteiger partial charge in [-0.15, -0.1) is 0 Å². The van der Waals surface area contributed by atoms with Gasteiger partial charge in [-0.2, -0.15) is 0 Å². The van der Waals surface area contributed by atoms with E-state index in [9.17, 15) is 0 Å². The Morgan fingerprint density at radius 1 is 0.518 bits per heavy atom. The molecule has 0 N–H and O–H groups in total. The maximum absolute atomic E-state index is 2.51. The van der Waals surface area contributed by atoms with Crippen molar-refractivity contribution in [2.75, 3.05) is 9.80 Å². The van der Waals surface area contributed by atoms with E-state index in [4.69, 9.17) is 0 Å². The highest BCUT2D eigenvalue weighted by molar-refractivity contribution is 5.78. The van der Waals surface area contributed by atoms with Gasteiger partial charge in [-0.05, 0) is 146 Å². The van der Waals surface area contributed by atoms with Gasteiger partial charge in [0.15, 0.2) is 0 Å². The maximum atomic E-state index is 2.51. The Balaban J connectivity index is 1.16. The molecule has 0 spiro atoms.